The Morgan fingerprint density at radius 3 is 1.63 bits per heavy atom. The Morgan fingerprint density at radius 1 is 0.281 bits per heavy atom. The van der Waals surface area contributed by atoms with Gasteiger partial charge in [-0.25, -0.2) is 15.0 Å². The van der Waals surface area contributed by atoms with Crippen LogP contribution in [0.2, 0.25) is 0 Å². The summed E-state index contributed by atoms with van der Waals surface area (Å²) in [6.45, 7) is 0. The summed E-state index contributed by atoms with van der Waals surface area (Å²) in [6, 6.07) is 69.9. The Hall–Kier alpha value is -7.69. The molecule has 0 radical (unpaired) electrons. The van der Waals surface area contributed by atoms with Gasteiger partial charge < -0.3 is 4.42 Å². The third kappa shape index (κ3) is 5.83. The highest BCUT2D eigenvalue weighted by Gasteiger charge is 2.19. The van der Waals surface area contributed by atoms with Crippen LogP contribution >= 0.6 is 0 Å². The number of furan rings is 1. The van der Waals surface area contributed by atoms with Crippen molar-refractivity contribution in [2.75, 3.05) is 0 Å². The molecule has 0 bridgehead atoms. The number of aromatic nitrogens is 3. The molecule has 4 nitrogen and oxygen atoms in total. The summed E-state index contributed by atoms with van der Waals surface area (Å²) >= 11 is 0. The second-order valence-corrected chi connectivity index (χ2v) is 14.4. The Labute approximate surface area is 329 Å². The van der Waals surface area contributed by atoms with Gasteiger partial charge in [0.15, 0.2) is 17.5 Å². The van der Waals surface area contributed by atoms with Crippen molar-refractivity contribution in [2.45, 2.75) is 0 Å². The molecule has 2 aromatic heterocycles. The van der Waals surface area contributed by atoms with E-state index in [-0.39, 0.29) is 0 Å². The molecule has 11 aromatic rings. The van der Waals surface area contributed by atoms with E-state index in [9.17, 15) is 0 Å². The van der Waals surface area contributed by atoms with Crippen LogP contribution in [0.15, 0.2) is 205 Å². The molecule has 0 spiro atoms. The Morgan fingerprint density at radius 2 is 0.842 bits per heavy atom. The lowest BCUT2D eigenvalue weighted by molar-refractivity contribution is 0.672. The van der Waals surface area contributed by atoms with Crippen LogP contribution in [0.5, 0.6) is 0 Å². The highest BCUT2D eigenvalue weighted by atomic mass is 16.3. The van der Waals surface area contributed by atoms with Crippen molar-refractivity contribution in [2.24, 2.45) is 0 Å². The van der Waals surface area contributed by atoms with Crippen LogP contribution in [0.3, 0.4) is 0 Å². The van der Waals surface area contributed by atoms with Crippen LogP contribution in [0.1, 0.15) is 0 Å². The van der Waals surface area contributed by atoms with E-state index in [0.29, 0.717) is 17.5 Å². The maximum Gasteiger partial charge on any atom is 0.164 e. The van der Waals surface area contributed by atoms with E-state index in [1.807, 2.05) is 48.5 Å². The fraction of sp³-hybridized carbons (Fsp3) is 0. The third-order valence-corrected chi connectivity index (χ3v) is 10.9. The van der Waals surface area contributed by atoms with Gasteiger partial charge in [0, 0.05) is 32.8 Å². The first-order valence-electron chi connectivity index (χ1n) is 19.2. The summed E-state index contributed by atoms with van der Waals surface area (Å²) in [4.78, 5) is 15.3. The standard InChI is InChI=1S/C53H33N3O/c1-3-14-36(15-4-1)42-19-9-12-22-45(42)53-55-51(38-16-5-2-6-17-38)54-52(56-53)41-29-30-49-47(32-41)48-33-46(43-20-10-11-21-44(43)50(48)57-49)37-26-23-35(24-27-37)40-28-25-34-13-7-8-18-39(34)31-40/h1-33H. The SMILES string of the molecule is c1ccc(-c2nc(-c3ccc4oc5c6ccccc6c(-c6ccc(-c7ccc8ccccc8c7)cc6)cc5c4c3)nc(-c3ccccc3-c3ccccc3)n2)cc1. The second kappa shape index (κ2) is 13.6. The van der Waals surface area contributed by atoms with Gasteiger partial charge in [-0.1, -0.05) is 170 Å². The molecule has 11 rings (SSSR count). The maximum absolute atomic E-state index is 6.66. The van der Waals surface area contributed by atoms with Crippen LogP contribution in [0.25, 0.3) is 111 Å². The van der Waals surface area contributed by atoms with Crippen molar-refractivity contribution in [3.05, 3.63) is 200 Å². The van der Waals surface area contributed by atoms with E-state index in [4.69, 9.17) is 19.4 Å². The molecule has 0 N–H and O–H groups in total. The first kappa shape index (κ1) is 32.7. The van der Waals surface area contributed by atoms with E-state index in [2.05, 4.69) is 152 Å². The number of hydrogen-bond donors (Lipinski definition) is 0. The molecule has 0 saturated heterocycles. The van der Waals surface area contributed by atoms with Gasteiger partial charge in [0.1, 0.15) is 11.2 Å². The average Bonchev–Trinajstić information content (AvgIpc) is 3.67. The Kier molecular flexibility index (Phi) is 7.78. The molecule has 266 valence electrons. The van der Waals surface area contributed by atoms with Crippen molar-refractivity contribution in [3.8, 4) is 67.5 Å². The number of nitrogens with zero attached hydrogens (tertiary/aromatic N) is 3. The molecule has 2 heterocycles. The van der Waals surface area contributed by atoms with Gasteiger partial charge in [0.05, 0.1) is 0 Å². The largest absolute Gasteiger partial charge is 0.455 e. The highest BCUT2D eigenvalue weighted by Crippen LogP contribution is 2.41. The van der Waals surface area contributed by atoms with E-state index in [1.54, 1.807) is 0 Å². The zero-order chi connectivity index (χ0) is 37.7. The van der Waals surface area contributed by atoms with Gasteiger partial charge in [-0.3, -0.25) is 0 Å². The molecular formula is C53H33N3O. The van der Waals surface area contributed by atoms with Crippen LogP contribution < -0.4 is 0 Å². The summed E-state index contributed by atoms with van der Waals surface area (Å²) in [5, 5.41) is 6.76. The predicted octanol–water partition coefficient (Wildman–Crippen LogP) is 14.1. The van der Waals surface area contributed by atoms with Crippen molar-refractivity contribution < 1.29 is 4.42 Å². The third-order valence-electron chi connectivity index (χ3n) is 10.9. The van der Waals surface area contributed by atoms with Gasteiger partial charge in [-0.05, 0) is 79.9 Å². The van der Waals surface area contributed by atoms with Gasteiger partial charge in [-0.15, -0.1) is 0 Å². The van der Waals surface area contributed by atoms with E-state index < -0.39 is 0 Å². The molecule has 0 fully saturated rings. The maximum atomic E-state index is 6.66. The van der Waals surface area contributed by atoms with Gasteiger partial charge in [0.2, 0.25) is 0 Å². The van der Waals surface area contributed by atoms with Crippen molar-refractivity contribution >= 4 is 43.5 Å². The molecule has 0 amide bonds. The molecule has 0 aliphatic carbocycles. The number of hydrogen-bond acceptors (Lipinski definition) is 4. The molecule has 4 heteroatoms. The Balaban J connectivity index is 1.06. The van der Waals surface area contributed by atoms with Gasteiger partial charge in [0.25, 0.3) is 0 Å². The molecule has 57 heavy (non-hydrogen) atoms. The van der Waals surface area contributed by atoms with Crippen LogP contribution in [-0.2, 0) is 0 Å². The van der Waals surface area contributed by atoms with Crippen LogP contribution in [-0.4, -0.2) is 15.0 Å². The number of rotatable bonds is 6. The average molecular weight is 728 g/mol. The molecule has 0 atom stereocenters. The smallest absolute Gasteiger partial charge is 0.164 e. The number of fused-ring (bicyclic) bond motifs is 6. The van der Waals surface area contributed by atoms with Gasteiger partial charge >= 0.3 is 0 Å². The normalized spacial score (nSPS) is 11.5. The summed E-state index contributed by atoms with van der Waals surface area (Å²) < 4.78 is 6.66. The minimum atomic E-state index is 0.600. The fourth-order valence-electron chi connectivity index (χ4n) is 8.08. The van der Waals surface area contributed by atoms with Gasteiger partial charge in [-0.2, -0.15) is 0 Å². The quantitative estimate of drug-likeness (QED) is 0.171. The fourth-order valence-corrected chi connectivity index (χ4v) is 8.08. The second-order valence-electron chi connectivity index (χ2n) is 14.4. The summed E-state index contributed by atoms with van der Waals surface area (Å²) in [6.07, 6.45) is 0. The van der Waals surface area contributed by atoms with Crippen molar-refractivity contribution in [3.63, 3.8) is 0 Å². The lowest BCUT2D eigenvalue weighted by Crippen LogP contribution is -2.01. The molecule has 9 aromatic carbocycles. The molecular weight excluding hydrogens is 695 g/mol. The zero-order valence-electron chi connectivity index (χ0n) is 30.8. The molecule has 0 unspecified atom stereocenters. The first-order chi connectivity index (χ1) is 28.2. The number of benzene rings is 9. The minimum Gasteiger partial charge on any atom is -0.455 e. The van der Waals surface area contributed by atoms with E-state index in [0.717, 1.165) is 71.7 Å². The molecule has 0 aliphatic rings. The molecule has 0 aliphatic heterocycles. The van der Waals surface area contributed by atoms with Crippen molar-refractivity contribution in [1.29, 1.82) is 0 Å². The predicted molar refractivity (Wildman–Crippen MR) is 235 cm³/mol. The topological polar surface area (TPSA) is 51.8 Å². The van der Waals surface area contributed by atoms with E-state index >= 15 is 0 Å². The summed E-state index contributed by atoms with van der Waals surface area (Å²) in [5.74, 6) is 1.84. The van der Waals surface area contributed by atoms with E-state index in [1.165, 1.54) is 21.9 Å². The lowest BCUT2D eigenvalue weighted by atomic mass is 9.93. The summed E-state index contributed by atoms with van der Waals surface area (Å²) in [7, 11) is 0. The molecule has 0 saturated carbocycles. The monoisotopic (exact) mass is 727 g/mol. The Bertz CT molecular complexity index is 3280. The zero-order valence-corrected chi connectivity index (χ0v) is 30.8. The first-order valence-corrected chi connectivity index (χ1v) is 19.2. The highest BCUT2D eigenvalue weighted by molar-refractivity contribution is 6.19. The van der Waals surface area contributed by atoms with Crippen LogP contribution in [0, 0.1) is 0 Å². The lowest BCUT2D eigenvalue weighted by Gasteiger charge is -2.12. The minimum absolute atomic E-state index is 0.600. The van der Waals surface area contributed by atoms with Crippen molar-refractivity contribution in [1.82, 2.24) is 15.0 Å². The summed E-state index contributed by atoms with van der Waals surface area (Å²) in [5.41, 5.74) is 11.3. The van der Waals surface area contributed by atoms with Crippen LogP contribution in [0.4, 0.5) is 0 Å².